The number of rotatable bonds is 8. The lowest BCUT2D eigenvalue weighted by atomic mass is 10.1. The van der Waals surface area contributed by atoms with E-state index in [0.717, 1.165) is 32.8 Å². The predicted molar refractivity (Wildman–Crippen MR) is 71.7 cm³/mol. The molecule has 0 aliphatic rings. The maximum atomic E-state index is 5.48. The molecule has 1 aromatic rings. The van der Waals surface area contributed by atoms with Crippen LogP contribution in [0.15, 0.2) is 18.2 Å². The summed E-state index contributed by atoms with van der Waals surface area (Å²) in [5.41, 5.74) is 3.74. The number of benzene rings is 1. The Labute approximate surface area is 104 Å². The van der Waals surface area contributed by atoms with Crippen LogP contribution < -0.4 is 5.32 Å². The second kappa shape index (κ2) is 8.09. The Hall–Kier alpha value is -1.06. The van der Waals surface area contributed by atoms with Crippen molar-refractivity contribution in [2.75, 3.05) is 38.8 Å². The summed E-state index contributed by atoms with van der Waals surface area (Å²) in [4.78, 5) is 0. The molecule has 0 amide bonds. The van der Waals surface area contributed by atoms with Gasteiger partial charge in [-0.1, -0.05) is 6.07 Å². The summed E-state index contributed by atoms with van der Waals surface area (Å²) in [7, 11) is 1.71. The van der Waals surface area contributed by atoms with Crippen LogP contribution in [0.4, 0.5) is 5.69 Å². The molecule has 0 saturated carbocycles. The van der Waals surface area contributed by atoms with E-state index in [1.807, 2.05) is 0 Å². The van der Waals surface area contributed by atoms with Crippen molar-refractivity contribution in [1.82, 2.24) is 0 Å². The van der Waals surface area contributed by atoms with Crippen LogP contribution in [0.2, 0.25) is 0 Å². The lowest BCUT2D eigenvalue weighted by Crippen LogP contribution is -2.10. The fraction of sp³-hybridized carbons (Fsp3) is 0.571. The summed E-state index contributed by atoms with van der Waals surface area (Å²) in [5.74, 6) is 0. The highest BCUT2D eigenvalue weighted by molar-refractivity contribution is 5.48. The summed E-state index contributed by atoms with van der Waals surface area (Å²) in [6.45, 7) is 7.33. The van der Waals surface area contributed by atoms with E-state index in [1.165, 1.54) is 16.8 Å². The van der Waals surface area contributed by atoms with Gasteiger partial charge in [-0.05, 0) is 43.5 Å². The third-order valence-electron chi connectivity index (χ3n) is 2.43. The molecule has 3 heteroatoms. The first-order valence-electron chi connectivity index (χ1n) is 6.11. The smallest absolute Gasteiger partial charge is 0.0639 e. The van der Waals surface area contributed by atoms with Gasteiger partial charge in [-0.3, -0.25) is 0 Å². The largest absolute Gasteiger partial charge is 0.385 e. The van der Waals surface area contributed by atoms with Crippen LogP contribution in [-0.4, -0.2) is 33.5 Å². The van der Waals surface area contributed by atoms with Crippen molar-refractivity contribution in [3.8, 4) is 0 Å². The van der Waals surface area contributed by atoms with Crippen LogP contribution in [0.1, 0.15) is 17.5 Å². The molecule has 3 nitrogen and oxygen atoms in total. The molecule has 0 fully saturated rings. The Balaban J connectivity index is 2.13. The lowest BCUT2D eigenvalue weighted by Gasteiger charge is -2.09. The van der Waals surface area contributed by atoms with Gasteiger partial charge in [0.25, 0.3) is 0 Å². The van der Waals surface area contributed by atoms with Gasteiger partial charge < -0.3 is 14.8 Å². The van der Waals surface area contributed by atoms with Crippen LogP contribution in [0, 0.1) is 13.8 Å². The molecule has 0 aliphatic carbocycles. The summed E-state index contributed by atoms with van der Waals surface area (Å²) < 4.78 is 10.4. The third kappa shape index (κ3) is 6.29. The minimum absolute atomic E-state index is 0.733. The molecule has 0 radical (unpaired) electrons. The predicted octanol–water partition coefficient (Wildman–Crippen LogP) is 2.77. The van der Waals surface area contributed by atoms with Gasteiger partial charge in [0, 0.05) is 32.6 Å². The zero-order valence-electron chi connectivity index (χ0n) is 11.1. The Morgan fingerprint density at radius 2 is 1.71 bits per heavy atom. The SMILES string of the molecule is COCCCOCCNc1cc(C)cc(C)c1. The van der Waals surface area contributed by atoms with E-state index in [-0.39, 0.29) is 0 Å². The van der Waals surface area contributed by atoms with Crippen molar-refractivity contribution in [2.45, 2.75) is 20.3 Å². The van der Waals surface area contributed by atoms with E-state index in [0.29, 0.717) is 0 Å². The molecule has 1 N–H and O–H groups in total. The number of hydrogen-bond donors (Lipinski definition) is 1. The molecule has 0 atom stereocenters. The molecule has 0 unspecified atom stereocenters. The minimum atomic E-state index is 0.733. The molecular weight excluding hydrogens is 214 g/mol. The monoisotopic (exact) mass is 237 g/mol. The zero-order valence-corrected chi connectivity index (χ0v) is 11.1. The normalized spacial score (nSPS) is 10.5. The molecule has 1 rings (SSSR count). The summed E-state index contributed by atoms with van der Waals surface area (Å²) in [5, 5.41) is 3.36. The fourth-order valence-electron chi connectivity index (χ4n) is 1.75. The average molecular weight is 237 g/mol. The number of methoxy groups -OCH3 is 1. The van der Waals surface area contributed by atoms with Crippen LogP contribution in [0.3, 0.4) is 0 Å². The van der Waals surface area contributed by atoms with Gasteiger partial charge in [0.2, 0.25) is 0 Å². The Morgan fingerprint density at radius 1 is 1.00 bits per heavy atom. The molecule has 96 valence electrons. The van der Waals surface area contributed by atoms with Crippen molar-refractivity contribution >= 4 is 5.69 Å². The minimum Gasteiger partial charge on any atom is -0.385 e. The van der Waals surface area contributed by atoms with Crippen molar-refractivity contribution in [2.24, 2.45) is 0 Å². The zero-order chi connectivity index (χ0) is 12.5. The maximum absolute atomic E-state index is 5.48. The summed E-state index contributed by atoms with van der Waals surface area (Å²) in [6.07, 6.45) is 0.958. The molecule has 0 aromatic heterocycles. The third-order valence-corrected chi connectivity index (χ3v) is 2.43. The molecule has 0 bridgehead atoms. The van der Waals surface area contributed by atoms with E-state index >= 15 is 0 Å². The van der Waals surface area contributed by atoms with Gasteiger partial charge in [0.05, 0.1) is 6.61 Å². The van der Waals surface area contributed by atoms with Crippen molar-refractivity contribution < 1.29 is 9.47 Å². The van der Waals surface area contributed by atoms with Crippen LogP contribution in [0.5, 0.6) is 0 Å². The maximum Gasteiger partial charge on any atom is 0.0639 e. The molecule has 1 aromatic carbocycles. The van der Waals surface area contributed by atoms with Gasteiger partial charge in [0.1, 0.15) is 0 Å². The van der Waals surface area contributed by atoms with E-state index in [2.05, 4.69) is 37.4 Å². The molecular formula is C14H23NO2. The van der Waals surface area contributed by atoms with Crippen molar-refractivity contribution in [3.63, 3.8) is 0 Å². The van der Waals surface area contributed by atoms with Crippen molar-refractivity contribution in [1.29, 1.82) is 0 Å². The van der Waals surface area contributed by atoms with Gasteiger partial charge in [-0.15, -0.1) is 0 Å². The van der Waals surface area contributed by atoms with E-state index in [1.54, 1.807) is 7.11 Å². The second-order valence-electron chi connectivity index (χ2n) is 4.26. The van der Waals surface area contributed by atoms with E-state index < -0.39 is 0 Å². The molecule has 0 spiro atoms. The average Bonchev–Trinajstić information content (AvgIpc) is 2.26. The van der Waals surface area contributed by atoms with Gasteiger partial charge in [-0.2, -0.15) is 0 Å². The highest BCUT2D eigenvalue weighted by Gasteiger charge is 1.95. The molecule has 0 heterocycles. The summed E-state index contributed by atoms with van der Waals surface area (Å²) >= 11 is 0. The quantitative estimate of drug-likeness (QED) is 0.705. The van der Waals surface area contributed by atoms with Gasteiger partial charge in [-0.25, -0.2) is 0 Å². The highest BCUT2D eigenvalue weighted by atomic mass is 16.5. The Kier molecular flexibility index (Phi) is 6.67. The highest BCUT2D eigenvalue weighted by Crippen LogP contribution is 2.13. The van der Waals surface area contributed by atoms with Crippen LogP contribution in [0.25, 0.3) is 0 Å². The topological polar surface area (TPSA) is 30.5 Å². The lowest BCUT2D eigenvalue weighted by molar-refractivity contribution is 0.109. The van der Waals surface area contributed by atoms with E-state index in [4.69, 9.17) is 9.47 Å². The first kappa shape index (κ1) is 14.0. The van der Waals surface area contributed by atoms with E-state index in [9.17, 15) is 0 Å². The molecule has 0 saturated heterocycles. The molecule has 0 aliphatic heterocycles. The summed E-state index contributed by atoms with van der Waals surface area (Å²) in [6, 6.07) is 6.47. The first-order chi connectivity index (χ1) is 8.22. The first-order valence-corrected chi connectivity index (χ1v) is 6.11. The Morgan fingerprint density at radius 3 is 2.35 bits per heavy atom. The molecule has 17 heavy (non-hydrogen) atoms. The number of nitrogens with one attached hydrogen (secondary N) is 1. The number of hydrogen-bond acceptors (Lipinski definition) is 3. The number of ether oxygens (including phenoxy) is 2. The number of anilines is 1. The van der Waals surface area contributed by atoms with Crippen molar-refractivity contribution in [3.05, 3.63) is 29.3 Å². The van der Waals surface area contributed by atoms with Gasteiger partial charge >= 0.3 is 0 Å². The fourth-order valence-corrected chi connectivity index (χ4v) is 1.75. The number of aryl methyl sites for hydroxylation is 2. The second-order valence-corrected chi connectivity index (χ2v) is 4.26. The van der Waals surface area contributed by atoms with Gasteiger partial charge in [0.15, 0.2) is 0 Å². The standard InChI is InChI=1S/C14H23NO2/c1-12-9-13(2)11-14(10-12)15-5-8-17-7-4-6-16-3/h9-11,15H,4-8H2,1-3H3. The Bertz CT molecular complexity index is 306. The van der Waals surface area contributed by atoms with Crippen LogP contribution in [-0.2, 0) is 9.47 Å². The van der Waals surface area contributed by atoms with Crippen LogP contribution >= 0.6 is 0 Å².